The van der Waals surface area contributed by atoms with Gasteiger partial charge in [-0.25, -0.2) is 0 Å². The van der Waals surface area contributed by atoms with Crippen LogP contribution in [0.2, 0.25) is 5.02 Å². The molecular formula is C22H25ClN2OS. The van der Waals surface area contributed by atoms with Crippen molar-refractivity contribution >= 4 is 29.3 Å². The Morgan fingerprint density at radius 3 is 2.78 bits per heavy atom. The van der Waals surface area contributed by atoms with Crippen molar-refractivity contribution < 1.29 is 4.79 Å². The average Bonchev–Trinajstić information content (AvgIpc) is 3.38. The van der Waals surface area contributed by atoms with Gasteiger partial charge in [0.2, 0.25) is 5.91 Å². The molecule has 27 heavy (non-hydrogen) atoms. The number of carbonyl (C=O) groups is 1. The highest BCUT2D eigenvalue weighted by atomic mass is 35.5. The highest BCUT2D eigenvalue weighted by Gasteiger charge is 2.35. The van der Waals surface area contributed by atoms with Crippen LogP contribution in [-0.4, -0.2) is 40.6 Å². The summed E-state index contributed by atoms with van der Waals surface area (Å²) in [6.07, 6.45) is 2.39. The number of amides is 1. The standard InChI is InChI=1S/C22H25ClN2OS/c1-16-5-4-6-17(13-16)14-24(18-9-10-18)15-21(26)25-11-12-27-22(25)19-7-2-3-8-20(19)23/h2-8,13,18,22H,9-12,14-15H2,1H3/t22-/m0/s1. The van der Waals surface area contributed by atoms with E-state index in [1.807, 2.05) is 29.2 Å². The molecule has 4 rings (SSSR count). The van der Waals surface area contributed by atoms with Crippen LogP contribution in [0.4, 0.5) is 0 Å². The molecule has 1 heterocycles. The second-order valence-electron chi connectivity index (χ2n) is 7.46. The smallest absolute Gasteiger partial charge is 0.237 e. The summed E-state index contributed by atoms with van der Waals surface area (Å²) in [6.45, 7) is 4.24. The van der Waals surface area contributed by atoms with E-state index in [0.717, 1.165) is 29.4 Å². The van der Waals surface area contributed by atoms with Crippen LogP contribution in [0.25, 0.3) is 0 Å². The molecule has 2 aromatic carbocycles. The minimum atomic E-state index is 0.0335. The third-order valence-corrected chi connectivity index (χ3v) is 6.84. The molecule has 2 aromatic rings. The lowest BCUT2D eigenvalue weighted by Crippen LogP contribution is -2.40. The van der Waals surface area contributed by atoms with Gasteiger partial charge in [0.1, 0.15) is 5.37 Å². The molecule has 5 heteroatoms. The van der Waals surface area contributed by atoms with Crippen molar-refractivity contribution in [2.45, 2.75) is 37.7 Å². The molecule has 0 unspecified atom stereocenters. The van der Waals surface area contributed by atoms with E-state index in [0.29, 0.717) is 12.6 Å². The van der Waals surface area contributed by atoms with Gasteiger partial charge in [0.25, 0.3) is 0 Å². The Labute approximate surface area is 170 Å². The van der Waals surface area contributed by atoms with Crippen LogP contribution in [0.5, 0.6) is 0 Å². The third-order valence-electron chi connectivity index (χ3n) is 5.25. The van der Waals surface area contributed by atoms with E-state index in [1.54, 1.807) is 11.8 Å². The van der Waals surface area contributed by atoms with Crippen LogP contribution in [0.15, 0.2) is 48.5 Å². The molecule has 1 saturated heterocycles. The van der Waals surface area contributed by atoms with Crippen LogP contribution >= 0.6 is 23.4 Å². The van der Waals surface area contributed by atoms with E-state index in [2.05, 4.69) is 36.1 Å². The van der Waals surface area contributed by atoms with Crippen LogP contribution in [0, 0.1) is 6.92 Å². The first-order valence-corrected chi connectivity index (χ1v) is 11.0. The predicted molar refractivity (Wildman–Crippen MR) is 113 cm³/mol. The number of rotatable bonds is 6. The minimum Gasteiger partial charge on any atom is -0.325 e. The Morgan fingerprint density at radius 2 is 2.04 bits per heavy atom. The lowest BCUT2D eigenvalue weighted by atomic mass is 10.1. The third kappa shape index (κ3) is 4.50. The summed E-state index contributed by atoms with van der Waals surface area (Å²) in [4.78, 5) is 17.5. The highest BCUT2D eigenvalue weighted by molar-refractivity contribution is 7.99. The molecule has 1 saturated carbocycles. The lowest BCUT2D eigenvalue weighted by Gasteiger charge is -2.29. The number of nitrogens with zero attached hydrogens (tertiary/aromatic N) is 2. The fraction of sp³-hybridized carbons (Fsp3) is 0.409. The van der Waals surface area contributed by atoms with Gasteiger partial charge >= 0.3 is 0 Å². The van der Waals surface area contributed by atoms with Crippen LogP contribution in [-0.2, 0) is 11.3 Å². The first kappa shape index (κ1) is 18.9. The average molecular weight is 401 g/mol. The molecule has 1 aliphatic carbocycles. The van der Waals surface area contributed by atoms with Crippen molar-refractivity contribution in [2.75, 3.05) is 18.8 Å². The lowest BCUT2D eigenvalue weighted by molar-refractivity contribution is -0.132. The van der Waals surface area contributed by atoms with Gasteiger partial charge in [-0.1, -0.05) is 59.6 Å². The largest absolute Gasteiger partial charge is 0.325 e. The predicted octanol–water partition coefficient (Wildman–Crippen LogP) is 4.89. The van der Waals surface area contributed by atoms with Crippen molar-refractivity contribution in [1.29, 1.82) is 0 Å². The van der Waals surface area contributed by atoms with E-state index < -0.39 is 0 Å². The Balaban J connectivity index is 1.47. The minimum absolute atomic E-state index is 0.0335. The van der Waals surface area contributed by atoms with Crippen molar-refractivity contribution in [1.82, 2.24) is 9.80 Å². The number of halogens is 1. The summed E-state index contributed by atoms with van der Waals surface area (Å²) < 4.78 is 0. The molecule has 0 bridgehead atoms. The molecule has 0 aromatic heterocycles. The van der Waals surface area contributed by atoms with Gasteiger partial charge in [-0.15, -0.1) is 11.8 Å². The Bertz CT molecular complexity index is 823. The number of thioether (sulfide) groups is 1. The maximum atomic E-state index is 13.2. The van der Waals surface area contributed by atoms with E-state index in [9.17, 15) is 4.79 Å². The number of hydrogen-bond acceptors (Lipinski definition) is 3. The summed E-state index contributed by atoms with van der Waals surface area (Å²) in [7, 11) is 0. The number of carbonyl (C=O) groups excluding carboxylic acids is 1. The zero-order chi connectivity index (χ0) is 18.8. The quantitative estimate of drug-likeness (QED) is 0.689. The van der Waals surface area contributed by atoms with Gasteiger partial charge < -0.3 is 4.90 Å². The molecule has 1 atom stereocenters. The molecule has 3 nitrogen and oxygen atoms in total. The molecule has 0 radical (unpaired) electrons. The van der Waals surface area contributed by atoms with Crippen molar-refractivity contribution in [3.8, 4) is 0 Å². The van der Waals surface area contributed by atoms with Crippen molar-refractivity contribution in [3.05, 3.63) is 70.2 Å². The maximum absolute atomic E-state index is 13.2. The van der Waals surface area contributed by atoms with E-state index in [1.165, 1.54) is 24.0 Å². The summed E-state index contributed by atoms with van der Waals surface area (Å²) in [5, 5.41) is 0.778. The number of benzene rings is 2. The molecule has 1 amide bonds. The van der Waals surface area contributed by atoms with Crippen molar-refractivity contribution in [3.63, 3.8) is 0 Å². The van der Waals surface area contributed by atoms with Crippen LogP contribution in [0.3, 0.4) is 0 Å². The second-order valence-corrected chi connectivity index (χ2v) is 9.05. The van der Waals surface area contributed by atoms with Gasteiger partial charge in [0, 0.05) is 35.5 Å². The molecule has 0 N–H and O–H groups in total. The molecule has 1 aliphatic heterocycles. The topological polar surface area (TPSA) is 23.6 Å². The fourth-order valence-corrected chi connectivity index (χ4v) is 5.34. The summed E-state index contributed by atoms with van der Waals surface area (Å²) >= 11 is 8.21. The van der Waals surface area contributed by atoms with E-state index in [-0.39, 0.29) is 11.3 Å². The summed E-state index contributed by atoms with van der Waals surface area (Å²) in [5.41, 5.74) is 3.60. The Hall–Kier alpha value is -1.49. The van der Waals surface area contributed by atoms with Gasteiger partial charge in [0.05, 0.1) is 6.54 Å². The Morgan fingerprint density at radius 1 is 1.22 bits per heavy atom. The molecule has 2 aliphatic rings. The molecule has 142 valence electrons. The fourth-order valence-electron chi connectivity index (χ4n) is 3.72. The number of hydrogen-bond donors (Lipinski definition) is 0. The van der Waals surface area contributed by atoms with Gasteiger partial charge in [0.15, 0.2) is 0 Å². The van der Waals surface area contributed by atoms with Gasteiger partial charge in [-0.3, -0.25) is 9.69 Å². The van der Waals surface area contributed by atoms with E-state index in [4.69, 9.17) is 11.6 Å². The zero-order valence-corrected chi connectivity index (χ0v) is 17.2. The maximum Gasteiger partial charge on any atom is 0.237 e. The summed E-state index contributed by atoms with van der Waals surface area (Å²) in [6, 6.07) is 17.0. The second kappa shape index (κ2) is 8.26. The van der Waals surface area contributed by atoms with Crippen LogP contribution < -0.4 is 0 Å². The first-order valence-electron chi connectivity index (χ1n) is 9.57. The highest BCUT2D eigenvalue weighted by Crippen LogP contribution is 2.41. The monoisotopic (exact) mass is 400 g/mol. The first-order chi connectivity index (χ1) is 13.1. The Kier molecular flexibility index (Phi) is 5.76. The SMILES string of the molecule is Cc1cccc(CN(CC(=O)N2CCS[C@H]2c2ccccc2Cl)C2CC2)c1. The molecule has 0 spiro atoms. The van der Waals surface area contributed by atoms with E-state index >= 15 is 0 Å². The van der Waals surface area contributed by atoms with Crippen LogP contribution in [0.1, 0.15) is 34.9 Å². The summed E-state index contributed by atoms with van der Waals surface area (Å²) in [5.74, 6) is 1.17. The molecular weight excluding hydrogens is 376 g/mol. The normalized spacial score (nSPS) is 19.7. The molecule has 2 fully saturated rings. The number of aryl methyl sites for hydroxylation is 1. The van der Waals surface area contributed by atoms with Gasteiger partial charge in [-0.05, 0) is 31.4 Å². The van der Waals surface area contributed by atoms with Gasteiger partial charge in [-0.2, -0.15) is 0 Å². The zero-order valence-electron chi connectivity index (χ0n) is 15.6. The van der Waals surface area contributed by atoms with Crippen molar-refractivity contribution in [2.24, 2.45) is 0 Å².